The first-order valence-electron chi connectivity index (χ1n) is 9.99. The maximum atomic E-state index is 13.7. The van der Waals surface area contributed by atoms with Crippen molar-refractivity contribution in [3.05, 3.63) is 57.8 Å². The monoisotopic (exact) mass is 437 g/mol. The second-order valence-corrected chi connectivity index (χ2v) is 8.26. The highest BCUT2D eigenvalue weighted by Crippen LogP contribution is 2.57. The first-order chi connectivity index (χ1) is 15.0. The lowest BCUT2D eigenvalue weighted by atomic mass is 9.70. The minimum absolute atomic E-state index is 0.00843. The number of carbonyl (C=O) groups excluding carboxylic acids is 3. The Morgan fingerprint density at radius 3 is 2.53 bits per heavy atom. The number of hydrogen-bond donors (Lipinski definition) is 3. The summed E-state index contributed by atoms with van der Waals surface area (Å²) in [5.74, 6) is -2.46. The van der Waals surface area contributed by atoms with Gasteiger partial charge in [-0.15, -0.1) is 0 Å². The Bertz CT molecular complexity index is 1280. The predicted octanol–water partition coefficient (Wildman–Crippen LogP) is 2.09. The zero-order valence-electron chi connectivity index (χ0n) is 18.4. The standard InChI is InChI=1S/C23H23N3O6/c1-10-19(29)17(12(3)27)21-18(20(10)30)23(4)15(32-21)6-14(28)16(22(23)31)11(2)24-7-13-8-25-26(5)9-13/h6,8-9,24,29-30H,7H2,1-5H3/t23-/m0/s1. The van der Waals surface area contributed by atoms with E-state index in [-0.39, 0.29) is 39.5 Å². The molecular formula is C23H23N3O6. The van der Waals surface area contributed by atoms with E-state index in [2.05, 4.69) is 10.4 Å². The first kappa shape index (κ1) is 21.4. The molecule has 0 fully saturated rings. The summed E-state index contributed by atoms with van der Waals surface area (Å²) in [5.41, 5.74) is -0.357. The van der Waals surface area contributed by atoms with Crippen LogP contribution in [-0.4, -0.2) is 37.3 Å². The molecule has 0 unspecified atom stereocenters. The fourth-order valence-corrected chi connectivity index (χ4v) is 4.25. The van der Waals surface area contributed by atoms with Gasteiger partial charge in [-0.2, -0.15) is 5.10 Å². The summed E-state index contributed by atoms with van der Waals surface area (Å²) in [7, 11) is 1.79. The predicted molar refractivity (Wildman–Crippen MR) is 113 cm³/mol. The summed E-state index contributed by atoms with van der Waals surface area (Å²) in [6, 6.07) is 0. The van der Waals surface area contributed by atoms with Crippen molar-refractivity contribution >= 4 is 17.3 Å². The van der Waals surface area contributed by atoms with E-state index in [1.165, 1.54) is 26.8 Å². The van der Waals surface area contributed by atoms with Crippen molar-refractivity contribution in [3.8, 4) is 17.2 Å². The zero-order chi connectivity index (χ0) is 23.5. The molecule has 1 aromatic heterocycles. The van der Waals surface area contributed by atoms with Gasteiger partial charge in [0.1, 0.15) is 34.0 Å². The Hall–Kier alpha value is -3.88. The van der Waals surface area contributed by atoms with Crippen molar-refractivity contribution in [2.75, 3.05) is 0 Å². The number of aryl methyl sites for hydroxylation is 1. The maximum absolute atomic E-state index is 13.7. The molecule has 166 valence electrons. The normalized spacial score (nSPS) is 21.0. The van der Waals surface area contributed by atoms with Crippen LogP contribution in [0.5, 0.6) is 17.2 Å². The van der Waals surface area contributed by atoms with Gasteiger partial charge in [0.05, 0.1) is 17.3 Å². The topological polar surface area (TPSA) is 131 Å². The maximum Gasteiger partial charge on any atom is 0.194 e. The summed E-state index contributed by atoms with van der Waals surface area (Å²) >= 11 is 0. The number of allylic oxidation sites excluding steroid dienone is 4. The Morgan fingerprint density at radius 1 is 1.25 bits per heavy atom. The van der Waals surface area contributed by atoms with E-state index < -0.39 is 28.5 Å². The molecule has 0 saturated carbocycles. The fourth-order valence-electron chi connectivity index (χ4n) is 4.25. The molecule has 1 aliphatic carbocycles. The number of aromatic hydroxyl groups is 2. The number of phenols is 2. The highest BCUT2D eigenvalue weighted by atomic mass is 16.5. The Kier molecular flexibility index (Phi) is 4.73. The SMILES string of the molecule is CC(=O)c1c(O)c(C)c(O)c2c1OC1=CC(=O)C(=C(C)NCc3cnn(C)c3)C(=O)[C@@]12C. The number of fused-ring (bicyclic) bond motifs is 3. The Morgan fingerprint density at radius 2 is 1.94 bits per heavy atom. The molecule has 9 heteroatoms. The first-order valence-corrected chi connectivity index (χ1v) is 9.99. The number of phenolic OH excluding ortho intramolecular Hbond substituents is 2. The minimum Gasteiger partial charge on any atom is -0.507 e. The molecule has 3 N–H and O–H groups in total. The third-order valence-electron chi connectivity index (χ3n) is 6.08. The van der Waals surface area contributed by atoms with Crippen LogP contribution in [-0.2, 0) is 28.6 Å². The number of hydrogen-bond acceptors (Lipinski definition) is 8. The van der Waals surface area contributed by atoms with Gasteiger partial charge >= 0.3 is 0 Å². The molecular weight excluding hydrogens is 414 g/mol. The van der Waals surface area contributed by atoms with Crippen LogP contribution < -0.4 is 10.1 Å². The van der Waals surface area contributed by atoms with Crippen LogP contribution in [0.15, 0.2) is 35.5 Å². The number of nitrogens with zero attached hydrogens (tertiary/aromatic N) is 2. The summed E-state index contributed by atoms with van der Waals surface area (Å²) in [4.78, 5) is 38.8. The third-order valence-corrected chi connectivity index (χ3v) is 6.08. The molecule has 0 spiro atoms. The molecule has 1 aliphatic heterocycles. The average molecular weight is 437 g/mol. The van der Waals surface area contributed by atoms with Crippen LogP contribution in [0.1, 0.15) is 47.8 Å². The molecule has 0 bridgehead atoms. The van der Waals surface area contributed by atoms with Gasteiger partial charge < -0.3 is 20.3 Å². The molecule has 2 heterocycles. The molecule has 4 rings (SSSR count). The summed E-state index contributed by atoms with van der Waals surface area (Å²) in [6.45, 7) is 6.21. The molecule has 1 atom stereocenters. The van der Waals surface area contributed by atoms with Gasteiger partial charge in [-0.25, -0.2) is 0 Å². The van der Waals surface area contributed by atoms with E-state index in [0.29, 0.717) is 12.2 Å². The van der Waals surface area contributed by atoms with Crippen molar-refractivity contribution in [1.82, 2.24) is 15.1 Å². The lowest BCUT2D eigenvalue weighted by molar-refractivity contribution is -0.123. The Labute approximate surface area is 184 Å². The van der Waals surface area contributed by atoms with Crippen LogP contribution in [0.3, 0.4) is 0 Å². The van der Waals surface area contributed by atoms with Gasteiger partial charge in [0.15, 0.2) is 17.3 Å². The van der Waals surface area contributed by atoms with Crippen molar-refractivity contribution < 1.29 is 29.3 Å². The second kappa shape index (κ2) is 7.08. The van der Waals surface area contributed by atoms with E-state index in [4.69, 9.17) is 4.74 Å². The number of benzene rings is 1. The summed E-state index contributed by atoms with van der Waals surface area (Å²) < 4.78 is 7.39. The number of carbonyl (C=O) groups is 3. The van der Waals surface area contributed by atoms with Gasteiger partial charge in [0.2, 0.25) is 0 Å². The van der Waals surface area contributed by atoms with E-state index in [9.17, 15) is 24.6 Å². The van der Waals surface area contributed by atoms with Gasteiger partial charge in [-0.1, -0.05) is 0 Å². The van der Waals surface area contributed by atoms with Crippen molar-refractivity contribution in [2.24, 2.45) is 7.05 Å². The third kappa shape index (κ3) is 2.84. The number of ketones is 3. The molecule has 0 amide bonds. The lowest BCUT2D eigenvalue weighted by Crippen LogP contribution is -2.41. The van der Waals surface area contributed by atoms with Crippen LogP contribution in [0.4, 0.5) is 0 Å². The van der Waals surface area contributed by atoms with Crippen LogP contribution in [0.2, 0.25) is 0 Å². The molecule has 2 aliphatic rings. The number of ether oxygens (including phenoxy) is 1. The largest absolute Gasteiger partial charge is 0.507 e. The number of aromatic nitrogens is 2. The lowest BCUT2D eigenvalue weighted by Gasteiger charge is -2.29. The minimum atomic E-state index is -1.53. The van der Waals surface area contributed by atoms with Crippen molar-refractivity contribution in [1.29, 1.82) is 0 Å². The highest BCUT2D eigenvalue weighted by molar-refractivity contribution is 6.31. The summed E-state index contributed by atoms with van der Waals surface area (Å²) in [6.07, 6.45) is 4.68. The molecule has 0 radical (unpaired) electrons. The van der Waals surface area contributed by atoms with E-state index in [0.717, 1.165) is 5.56 Å². The average Bonchev–Trinajstić information content (AvgIpc) is 3.26. The van der Waals surface area contributed by atoms with E-state index in [1.54, 1.807) is 24.9 Å². The molecule has 2 aromatic rings. The van der Waals surface area contributed by atoms with Crippen LogP contribution >= 0.6 is 0 Å². The van der Waals surface area contributed by atoms with Gasteiger partial charge in [-0.05, 0) is 27.7 Å². The number of rotatable bonds is 4. The van der Waals surface area contributed by atoms with Crippen molar-refractivity contribution in [3.63, 3.8) is 0 Å². The van der Waals surface area contributed by atoms with Gasteiger partial charge in [0.25, 0.3) is 0 Å². The highest BCUT2D eigenvalue weighted by Gasteiger charge is 2.56. The van der Waals surface area contributed by atoms with Crippen LogP contribution in [0, 0.1) is 6.92 Å². The zero-order valence-corrected chi connectivity index (χ0v) is 18.4. The number of nitrogens with one attached hydrogen (secondary N) is 1. The van der Waals surface area contributed by atoms with Crippen molar-refractivity contribution in [2.45, 2.75) is 39.7 Å². The smallest absolute Gasteiger partial charge is 0.194 e. The van der Waals surface area contributed by atoms with Gasteiger partial charge in [0, 0.05) is 42.7 Å². The Balaban J connectivity index is 1.84. The quantitative estimate of drug-likeness (QED) is 0.377. The van der Waals surface area contributed by atoms with E-state index >= 15 is 0 Å². The van der Waals surface area contributed by atoms with Gasteiger partial charge in [-0.3, -0.25) is 19.1 Å². The second-order valence-electron chi connectivity index (χ2n) is 8.26. The molecule has 1 aromatic carbocycles. The molecule has 9 nitrogen and oxygen atoms in total. The molecule has 0 saturated heterocycles. The number of Topliss-reactive ketones (excluding diaryl/α,β-unsaturated/α-hetero) is 2. The van der Waals surface area contributed by atoms with Crippen LogP contribution in [0.25, 0.3) is 0 Å². The molecule has 32 heavy (non-hydrogen) atoms. The summed E-state index contributed by atoms with van der Waals surface area (Å²) in [5, 5.41) is 28.4. The van der Waals surface area contributed by atoms with E-state index in [1.807, 2.05) is 6.20 Å². The fraction of sp³-hybridized carbons (Fsp3) is 0.304.